The SMILES string of the molecule is COc1cc(C2/C(=C(/O)c3ccc(Cl)cc3)C(=O)C(=O)N2c2ncc(S(=O)(=O)c3ccc([N+](=O)[O-])cc3)s2)ccc1O. The Bertz CT molecular complexity index is 1890. The van der Waals surface area contributed by atoms with Crippen molar-refractivity contribution in [1.29, 1.82) is 0 Å². The lowest BCUT2D eigenvalue weighted by Gasteiger charge is -2.23. The highest BCUT2D eigenvalue weighted by molar-refractivity contribution is 7.93. The highest BCUT2D eigenvalue weighted by Gasteiger charge is 2.48. The van der Waals surface area contributed by atoms with Crippen LogP contribution in [0.2, 0.25) is 5.02 Å². The molecular weight excluding hydrogens is 610 g/mol. The zero-order valence-corrected chi connectivity index (χ0v) is 23.7. The van der Waals surface area contributed by atoms with Gasteiger partial charge in [-0.3, -0.25) is 24.6 Å². The van der Waals surface area contributed by atoms with Crippen LogP contribution in [0.4, 0.5) is 10.8 Å². The Labute approximate surface area is 246 Å². The molecule has 1 aliphatic heterocycles. The van der Waals surface area contributed by atoms with Gasteiger partial charge in [-0.1, -0.05) is 29.0 Å². The van der Waals surface area contributed by atoms with Gasteiger partial charge in [0, 0.05) is 22.7 Å². The molecule has 0 aliphatic carbocycles. The van der Waals surface area contributed by atoms with E-state index < -0.39 is 38.3 Å². The fourth-order valence-electron chi connectivity index (χ4n) is 4.32. The maximum atomic E-state index is 13.4. The third kappa shape index (κ3) is 4.95. The topological polar surface area (TPSA) is 177 Å². The number of hydrogen-bond acceptors (Lipinski definition) is 11. The average molecular weight is 628 g/mol. The monoisotopic (exact) mass is 627 g/mol. The fourth-order valence-corrected chi connectivity index (χ4v) is 6.99. The molecule has 5 rings (SSSR count). The molecule has 0 spiro atoms. The first-order valence-corrected chi connectivity index (χ1v) is 14.5. The summed E-state index contributed by atoms with van der Waals surface area (Å²) in [4.78, 5) is 41.9. The van der Waals surface area contributed by atoms with Crippen LogP contribution in [0.1, 0.15) is 17.2 Å². The summed E-state index contributed by atoms with van der Waals surface area (Å²) in [5.74, 6) is -2.86. The molecule has 1 atom stereocenters. The standard InChI is InChI=1S/C27H18ClN3O9S2/c1-40-20-12-15(4-11-19(20)32)23-22(24(33)14-2-5-16(28)6-3-14)25(34)26(35)30(23)27-29-13-21(41-27)42(38,39)18-9-7-17(8-10-18)31(36)37/h2-13,23,32-33H,1H3/b24-22-. The van der Waals surface area contributed by atoms with Gasteiger partial charge in [0.25, 0.3) is 11.5 Å². The number of anilines is 1. The number of rotatable bonds is 7. The summed E-state index contributed by atoms with van der Waals surface area (Å²) in [6, 6.07) is 12.9. The van der Waals surface area contributed by atoms with Crippen molar-refractivity contribution in [2.45, 2.75) is 15.1 Å². The van der Waals surface area contributed by atoms with Gasteiger partial charge in [0.05, 0.1) is 34.7 Å². The van der Waals surface area contributed by atoms with E-state index >= 15 is 0 Å². The molecule has 15 heteroatoms. The van der Waals surface area contributed by atoms with Crippen LogP contribution in [0.5, 0.6) is 11.5 Å². The van der Waals surface area contributed by atoms with Crippen LogP contribution >= 0.6 is 22.9 Å². The van der Waals surface area contributed by atoms with E-state index in [-0.39, 0.29) is 48.1 Å². The van der Waals surface area contributed by atoms with Crippen molar-refractivity contribution in [3.63, 3.8) is 0 Å². The average Bonchev–Trinajstić information content (AvgIpc) is 3.57. The number of halogens is 1. The molecule has 1 saturated heterocycles. The smallest absolute Gasteiger partial charge is 0.301 e. The quantitative estimate of drug-likeness (QED) is 0.0943. The molecule has 0 saturated carbocycles. The minimum absolute atomic E-state index is 0.0187. The predicted octanol–water partition coefficient (Wildman–Crippen LogP) is 4.88. The Hall–Kier alpha value is -4.79. The summed E-state index contributed by atoms with van der Waals surface area (Å²) in [6.45, 7) is 0. The fraction of sp³-hybridized carbons (Fsp3) is 0.0741. The molecule has 0 radical (unpaired) electrons. The number of aromatic hydroxyl groups is 1. The summed E-state index contributed by atoms with van der Waals surface area (Å²) in [7, 11) is -2.91. The van der Waals surface area contributed by atoms with Gasteiger partial charge in [0.2, 0.25) is 9.84 Å². The number of non-ortho nitro benzene ring substituents is 1. The van der Waals surface area contributed by atoms with Crippen molar-refractivity contribution < 1.29 is 37.9 Å². The van der Waals surface area contributed by atoms with Gasteiger partial charge >= 0.3 is 5.91 Å². The summed E-state index contributed by atoms with van der Waals surface area (Å²) < 4.78 is 31.4. The maximum absolute atomic E-state index is 13.4. The molecule has 3 aromatic carbocycles. The first-order valence-electron chi connectivity index (χ1n) is 11.8. The van der Waals surface area contributed by atoms with Crippen LogP contribution in [0.25, 0.3) is 5.76 Å². The highest BCUT2D eigenvalue weighted by atomic mass is 35.5. The number of Topliss-reactive ketones (excluding diaryl/α,β-unsaturated/α-hetero) is 1. The minimum Gasteiger partial charge on any atom is -0.507 e. The minimum atomic E-state index is -4.21. The molecule has 4 aromatic rings. The Morgan fingerprint density at radius 1 is 1.10 bits per heavy atom. The number of benzene rings is 3. The summed E-state index contributed by atoms with van der Waals surface area (Å²) >= 11 is 6.55. The number of hydrogen-bond donors (Lipinski definition) is 2. The lowest BCUT2D eigenvalue weighted by atomic mass is 9.95. The van der Waals surface area contributed by atoms with E-state index in [1.165, 1.54) is 49.6 Å². The predicted molar refractivity (Wildman–Crippen MR) is 152 cm³/mol. The summed E-state index contributed by atoms with van der Waals surface area (Å²) in [5, 5.41) is 32.5. The molecule has 1 aliphatic rings. The Balaban J connectivity index is 1.65. The van der Waals surface area contributed by atoms with Crippen molar-refractivity contribution in [3.05, 3.63) is 105 Å². The number of nitro benzene ring substituents is 1. The number of sulfone groups is 1. The van der Waals surface area contributed by atoms with Gasteiger partial charge in [0.15, 0.2) is 16.6 Å². The Morgan fingerprint density at radius 2 is 1.76 bits per heavy atom. The second-order valence-electron chi connectivity index (χ2n) is 8.82. The number of ether oxygens (including phenoxy) is 1. The van der Waals surface area contributed by atoms with Gasteiger partial charge in [0.1, 0.15) is 9.97 Å². The van der Waals surface area contributed by atoms with Crippen LogP contribution < -0.4 is 9.64 Å². The number of carbonyl (C=O) groups is 2. The van der Waals surface area contributed by atoms with E-state index in [1.54, 1.807) is 0 Å². The zero-order valence-electron chi connectivity index (χ0n) is 21.3. The molecule has 2 N–H and O–H groups in total. The number of phenols is 1. The largest absolute Gasteiger partial charge is 0.507 e. The number of phenolic OH excluding ortho intramolecular Hbond substituents is 1. The van der Waals surface area contributed by atoms with E-state index in [9.17, 15) is 38.3 Å². The lowest BCUT2D eigenvalue weighted by Crippen LogP contribution is -2.29. The number of carbonyl (C=O) groups excluding carboxylic acids is 2. The number of aliphatic hydroxyl groups is 1. The van der Waals surface area contributed by atoms with E-state index in [0.29, 0.717) is 16.4 Å². The van der Waals surface area contributed by atoms with E-state index in [1.807, 2.05) is 0 Å². The molecular formula is C27H18ClN3O9S2. The molecule has 1 amide bonds. The van der Waals surface area contributed by atoms with Crippen molar-refractivity contribution in [1.82, 2.24) is 4.98 Å². The van der Waals surface area contributed by atoms with E-state index in [0.717, 1.165) is 35.4 Å². The van der Waals surface area contributed by atoms with Gasteiger partial charge in [-0.2, -0.15) is 0 Å². The second-order valence-corrected chi connectivity index (χ2v) is 12.4. The number of ketones is 1. The number of amides is 1. The number of aromatic nitrogens is 1. The maximum Gasteiger partial charge on any atom is 0.301 e. The Morgan fingerprint density at radius 3 is 2.38 bits per heavy atom. The molecule has 12 nitrogen and oxygen atoms in total. The van der Waals surface area contributed by atoms with Crippen molar-refractivity contribution in [2.24, 2.45) is 0 Å². The van der Waals surface area contributed by atoms with Crippen LogP contribution in [0.15, 0.2) is 87.6 Å². The van der Waals surface area contributed by atoms with Gasteiger partial charge in [-0.05, 0) is 54.1 Å². The van der Waals surface area contributed by atoms with E-state index in [4.69, 9.17) is 16.3 Å². The number of aliphatic hydroxyl groups excluding tert-OH is 1. The normalized spacial score (nSPS) is 16.5. The van der Waals surface area contributed by atoms with E-state index in [2.05, 4.69) is 4.98 Å². The molecule has 1 fully saturated rings. The molecule has 1 unspecified atom stereocenters. The molecule has 42 heavy (non-hydrogen) atoms. The number of thiazole rings is 1. The lowest BCUT2D eigenvalue weighted by molar-refractivity contribution is -0.384. The first-order chi connectivity index (χ1) is 19.9. The first kappa shape index (κ1) is 28.7. The molecule has 1 aromatic heterocycles. The highest BCUT2D eigenvalue weighted by Crippen LogP contribution is 2.45. The van der Waals surface area contributed by atoms with Crippen LogP contribution in [0.3, 0.4) is 0 Å². The molecule has 0 bridgehead atoms. The number of methoxy groups -OCH3 is 1. The van der Waals surface area contributed by atoms with Crippen LogP contribution in [-0.2, 0) is 19.4 Å². The summed E-state index contributed by atoms with van der Waals surface area (Å²) in [6.07, 6.45) is 1.00. The second kappa shape index (κ2) is 10.9. The van der Waals surface area contributed by atoms with Crippen molar-refractivity contribution in [3.8, 4) is 11.5 Å². The van der Waals surface area contributed by atoms with Crippen LogP contribution in [0, 0.1) is 10.1 Å². The van der Waals surface area contributed by atoms with Crippen molar-refractivity contribution in [2.75, 3.05) is 12.0 Å². The van der Waals surface area contributed by atoms with Gasteiger partial charge in [-0.25, -0.2) is 13.4 Å². The van der Waals surface area contributed by atoms with Gasteiger partial charge < -0.3 is 14.9 Å². The third-order valence-corrected chi connectivity index (χ3v) is 9.86. The summed E-state index contributed by atoms with van der Waals surface area (Å²) in [5.41, 5.74) is -0.180. The molecule has 2 heterocycles. The zero-order chi connectivity index (χ0) is 30.3. The van der Waals surface area contributed by atoms with Crippen molar-refractivity contribution >= 4 is 61.0 Å². The number of nitrogens with zero attached hydrogens (tertiary/aromatic N) is 3. The third-order valence-electron chi connectivity index (χ3n) is 6.38. The Kier molecular flexibility index (Phi) is 7.45. The molecule has 214 valence electrons. The van der Waals surface area contributed by atoms with Gasteiger partial charge in [-0.15, -0.1) is 0 Å². The van der Waals surface area contributed by atoms with Crippen LogP contribution in [-0.4, -0.2) is 47.3 Å². The number of nitro groups is 1.